The minimum atomic E-state index is -0.978. The first kappa shape index (κ1) is 25.3. The van der Waals surface area contributed by atoms with Crippen molar-refractivity contribution in [2.45, 2.75) is 26.2 Å². The van der Waals surface area contributed by atoms with Gasteiger partial charge in [-0.3, -0.25) is 9.59 Å². The molecule has 9 heteroatoms. The summed E-state index contributed by atoms with van der Waals surface area (Å²) < 4.78 is 26.5. The van der Waals surface area contributed by atoms with Crippen molar-refractivity contribution in [3.05, 3.63) is 46.3 Å². The van der Waals surface area contributed by atoms with Gasteiger partial charge in [0, 0.05) is 29.6 Å². The van der Waals surface area contributed by atoms with Crippen molar-refractivity contribution < 1.29 is 38.1 Å². The maximum absolute atomic E-state index is 13.8. The second-order valence-corrected chi connectivity index (χ2v) is 8.25. The van der Waals surface area contributed by atoms with Gasteiger partial charge in [-0.15, -0.1) is 0 Å². The Morgan fingerprint density at radius 2 is 1.82 bits per heavy atom. The van der Waals surface area contributed by atoms with Crippen molar-refractivity contribution >= 4 is 17.7 Å². The van der Waals surface area contributed by atoms with Crippen LogP contribution in [0, 0.1) is 11.8 Å². The molecule has 1 aliphatic carbocycles. The van der Waals surface area contributed by atoms with Gasteiger partial charge in [-0.05, 0) is 25.3 Å². The van der Waals surface area contributed by atoms with Gasteiger partial charge in [0.2, 0.25) is 0 Å². The second-order valence-electron chi connectivity index (χ2n) is 8.25. The highest BCUT2D eigenvalue weighted by Gasteiger charge is 2.48. The molecule has 34 heavy (non-hydrogen) atoms. The van der Waals surface area contributed by atoms with Gasteiger partial charge in [0.05, 0.1) is 39.4 Å². The average Bonchev–Trinajstić information content (AvgIpc) is 2.82. The first-order valence-corrected chi connectivity index (χ1v) is 11.0. The third-order valence-electron chi connectivity index (χ3n) is 6.23. The van der Waals surface area contributed by atoms with Crippen LogP contribution in [-0.2, 0) is 28.6 Å². The minimum Gasteiger partial charge on any atom is -0.493 e. The van der Waals surface area contributed by atoms with Crippen LogP contribution in [0.15, 0.2) is 40.7 Å². The molecule has 1 N–H and O–H groups in total. The number of hydrogen-bond donors (Lipinski definition) is 1. The van der Waals surface area contributed by atoms with E-state index in [2.05, 4.69) is 5.32 Å². The van der Waals surface area contributed by atoms with Gasteiger partial charge in [-0.2, -0.15) is 0 Å². The Kier molecular flexibility index (Phi) is 7.98. The molecule has 0 saturated carbocycles. The predicted molar refractivity (Wildman–Crippen MR) is 122 cm³/mol. The molecule has 1 aromatic carbocycles. The van der Waals surface area contributed by atoms with Gasteiger partial charge in [0.15, 0.2) is 17.3 Å². The van der Waals surface area contributed by atoms with Gasteiger partial charge in [-0.25, -0.2) is 4.79 Å². The molecule has 3 atom stereocenters. The second kappa shape index (κ2) is 10.7. The Morgan fingerprint density at radius 1 is 1.09 bits per heavy atom. The zero-order valence-corrected chi connectivity index (χ0v) is 20.4. The van der Waals surface area contributed by atoms with E-state index in [1.165, 1.54) is 28.4 Å². The number of carbonyl (C=O) groups is 3. The van der Waals surface area contributed by atoms with Gasteiger partial charge in [-0.1, -0.05) is 19.1 Å². The van der Waals surface area contributed by atoms with Crippen molar-refractivity contribution in [2.75, 3.05) is 41.7 Å². The Balaban J connectivity index is 2.22. The minimum absolute atomic E-state index is 0.0513. The van der Waals surface area contributed by atoms with Gasteiger partial charge in [0.1, 0.15) is 12.5 Å². The fourth-order valence-electron chi connectivity index (χ4n) is 4.70. The number of methoxy groups -OCH3 is 4. The monoisotopic (exact) mass is 473 g/mol. The summed E-state index contributed by atoms with van der Waals surface area (Å²) in [6.07, 6.45) is 0.437. The number of para-hydroxylation sites is 1. The quantitative estimate of drug-likeness (QED) is 0.346. The van der Waals surface area contributed by atoms with Crippen LogP contribution in [0.25, 0.3) is 0 Å². The molecule has 0 bridgehead atoms. The molecular formula is C25H31NO8. The molecule has 184 valence electrons. The highest BCUT2D eigenvalue weighted by atomic mass is 16.6. The lowest BCUT2D eigenvalue weighted by atomic mass is 9.69. The first-order valence-electron chi connectivity index (χ1n) is 11.0. The van der Waals surface area contributed by atoms with Crippen molar-refractivity contribution in [1.29, 1.82) is 0 Å². The smallest absolute Gasteiger partial charge is 0.336 e. The molecule has 3 rings (SSSR count). The number of benzene rings is 1. The van der Waals surface area contributed by atoms with E-state index in [4.69, 9.17) is 23.7 Å². The zero-order valence-electron chi connectivity index (χ0n) is 20.4. The van der Waals surface area contributed by atoms with E-state index in [0.717, 1.165) is 0 Å². The SMILES string of the molecule is COCCOC(=O)C1=C(C)NC2=C(C(=O)[C@H](C(=O)OC)[C@@H](C)C2)[C@H]1c1cccc(OC)c1OC. The molecule has 2 aliphatic rings. The standard InChI is InChI=1S/C25H31NO8/c1-13-12-16-21(22(27)18(13)24(28)33-6)20(15-8-7-9-17(31-4)23(15)32-5)19(14(2)26-16)25(29)34-11-10-30-3/h7-9,13,18,20,26H,10-12H2,1-6H3/t13-,18+,20-/m0/s1. The summed E-state index contributed by atoms with van der Waals surface area (Å²) in [7, 11) is 5.77. The maximum Gasteiger partial charge on any atom is 0.336 e. The lowest BCUT2D eigenvalue weighted by Gasteiger charge is -2.38. The fourth-order valence-corrected chi connectivity index (χ4v) is 4.70. The van der Waals surface area contributed by atoms with Crippen LogP contribution in [0.1, 0.15) is 31.7 Å². The molecule has 0 fully saturated rings. The predicted octanol–water partition coefficient (Wildman–Crippen LogP) is 2.51. The van der Waals surface area contributed by atoms with Crippen molar-refractivity contribution in [1.82, 2.24) is 5.32 Å². The Bertz CT molecular complexity index is 1040. The molecule has 9 nitrogen and oxygen atoms in total. The molecule has 0 radical (unpaired) electrons. The number of carbonyl (C=O) groups excluding carboxylic acids is 3. The van der Waals surface area contributed by atoms with E-state index in [-0.39, 0.29) is 24.7 Å². The van der Waals surface area contributed by atoms with Crippen molar-refractivity contribution in [3.8, 4) is 11.5 Å². The van der Waals surface area contributed by atoms with Crippen LogP contribution < -0.4 is 14.8 Å². The van der Waals surface area contributed by atoms with E-state index in [1.807, 2.05) is 6.92 Å². The van der Waals surface area contributed by atoms with Crippen LogP contribution in [0.5, 0.6) is 11.5 Å². The van der Waals surface area contributed by atoms with Crippen molar-refractivity contribution in [3.63, 3.8) is 0 Å². The molecule has 0 saturated heterocycles. The Labute approximate surface area is 199 Å². The summed E-state index contributed by atoms with van der Waals surface area (Å²) in [5, 5.41) is 3.23. The van der Waals surface area contributed by atoms with Gasteiger partial charge in [0.25, 0.3) is 0 Å². The number of nitrogens with one attached hydrogen (secondary N) is 1. The maximum atomic E-state index is 13.8. The van der Waals surface area contributed by atoms with Crippen LogP contribution in [0.4, 0.5) is 0 Å². The summed E-state index contributed by atoms with van der Waals surface area (Å²) in [5.41, 5.74) is 2.36. The third-order valence-corrected chi connectivity index (χ3v) is 6.23. The number of esters is 2. The Hall–Kier alpha value is -3.33. The molecule has 0 spiro atoms. The number of ether oxygens (including phenoxy) is 5. The highest BCUT2D eigenvalue weighted by molar-refractivity contribution is 6.12. The molecular weight excluding hydrogens is 442 g/mol. The number of ketones is 1. The van der Waals surface area contributed by atoms with E-state index >= 15 is 0 Å². The zero-order chi connectivity index (χ0) is 25.0. The van der Waals surface area contributed by atoms with Crippen LogP contribution in [-0.4, -0.2) is 59.4 Å². The molecule has 1 aromatic rings. The number of Topliss-reactive ketones (excluding diaryl/α,β-unsaturated/α-hetero) is 1. The summed E-state index contributed by atoms with van der Waals surface area (Å²) in [6, 6.07) is 5.26. The van der Waals surface area contributed by atoms with Gasteiger partial charge < -0.3 is 29.0 Å². The third kappa shape index (κ3) is 4.52. The molecule has 0 amide bonds. The average molecular weight is 474 g/mol. The first-order chi connectivity index (χ1) is 16.3. The summed E-state index contributed by atoms with van der Waals surface area (Å²) >= 11 is 0. The lowest BCUT2D eigenvalue weighted by Crippen LogP contribution is -2.43. The summed E-state index contributed by atoms with van der Waals surface area (Å²) in [4.78, 5) is 39.6. The number of allylic oxidation sites excluding steroid dienone is 3. The highest BCUT2D eigenvalue weighted by Crippen LogP contribution is 2.49. The van der Waals surface area contributed by atoms with Gasteiger partial charge >= 0.3 is 11.9 Å². The largest absolute Gasteiger partial charge is 0.493 e. The lowest BCUT2D eigenvalue weighted by molar-refractivity contribution is -0.151. The Morgan fingerprint density at radius 3 is 2.44 bits per heavy atom. The van der Waals surface area contributed by atoms with E-state index in [1.54, 1.807) is 25.1 Å². The normalized spacial score (nSPS) is 22.1. The molecule has 0 unspecified atom stereocenters. The van der Waals surface area contributed by atoms with Crippen LogP contribution >= 0.6 is 0 Å². The van der Waals surface area contributed by atoms with Crippen molar-refractivity contribution in [2.24, 2.45) is 11.8 Å². The molecule has 0 aromatic heterocycles. The van der Waals surface area contributed by atoms with E-state index in [9.17, 15) is 14.4 Å². The van der Waals surface area contributed by atoms with E-state index in [0.29, 0.717) is 40.5 Å². The topological polar surface area (TPSA) is 109 Å². The van der Waals surface area contributed by atoms with E-state index < -0.39 is 29.6 Å². The van der Waals surface area contributed by atoms with Crippen LogP contribution in [0.2, 0.25) is 0 Å². The summed E-state index contributed by atoms with van der Waals surface area (Å²) in [6.45, 7) is 3.88. The number of rotatable bonds is 8. The molecule has 1 aliphatic heterocycles. The molecule has 1 heterocycles. The summed E-state index contributed by atoms with van der Waals surface area (Å²) in [5.74, 6) is -2.83. The van der Waals surface area contributed by atoms with Crippen LogP contribution in [0.3, 0.4) is 0 Å². The number of dihydropyridines is 1. The number of hydrogen-bond acceptors (Lipinski definition) is 9. The fraction of sp³-hybridized carbons (Fsp3) is 0.480.